The lowest BCUT2D eigenvalue weighted by Crippen LogP contribution is -2.29. The van der Waals surface area contributed by atoms with Crippen LogP contribution in [0.4, 0.5) is 11.4 Å². The van der Waals surface area contributed by atoms with Crippen molar-refractivity contribution in [3.63, 3.8) is 0 Å². The monoisotopic (exact) mass is 426 g/mol. The van der Waals surface area contributed by atoms with E-state index in [-0.39, 0.29) is 29.4 Å². The average Bonchev–Trinajstić information content (AvgIpc) is 2.82. The molecule has 2 aromatic rings. The Morgan fingerprint density at radius 3 is 2.00 bits per heavy atom. The van der Waals surface area contributed by atoms with Gasteiger partial charge in [0.2, 0.25) is 0 Å². The van der Waals surface area contributed by atoms with E-state index in [1.165, 1.54) is 51.7 Å². The molecule has 0 aliphatic carbocycles. The predicted octanol–water partition coefficient (Wildman–Crippen LogP) is 3.27. The lowest BCUT2D eigenvalue weighted by atomic mass is 10.1. The van der Waals surface area contributed by atoms with E-state index in [0.29, 0.717) is 5.69 Å². The Morgan fingerprint density at radius 1 is 0.871 bits per heavy atom. The van der Waals surface area contributed by atoms with Crippen LogP contribution in [-0.4, -0.2) is 51.8 Å². The number of methoxy groups -OCH3 is 2. The van der Waals surface area contributed by atoms with Crippen LogP contribution in [0.1, 0.15) is 40.0 Å². The number of rotatable bonds is 7. The topological polar surface area (TPSA) is 94.2 Å². The highest BCUT2D eigenvalue weighted by molar-refractivity contribution is 5.96. The fourth-order valence-electron chi connectivity index (χ4n) is 3.41. The van der Waals surface area contributed by atoms with Gasteiger partial charge in [0.05, 0.1) is 25.3 Å². The molecule has 1 fully saturated rings. The van der Waals surface area contributed by atoms with Gasteiger partial charge in [-0.3, -0.25) is 4.79 Å². The second kappa shape index (κ2) is 10.5. The van der Waals surface area contributed by atoms with Crippen LogP contribution in [0, 0.1) is 0 Å². The van der Waals surface area contributed by atoms with Crippen LogP contribution in [-0.2, 0) is 14.3 Å². The van der Waals surface area contributed by atoms with E-state index in [4.69, 9.17) is 4.74 Å². The summed E-state index contributed by atoms with van der Waals surface area (Å²) in [6, 6.07) is 11.8. The molecule has 0 aromatic heterocycles. The number of nitrogens with zero attached hydrogens (tertiary/aromatic N) is 1. The molecule has 8 nitrogen and oxygen atoms in total. The van der Waals surface area contributed by atoms with Crippen molar-refractivity contribution >= 4 is 29.2 Å². The maximum atomic E-state index is 12.3. The van der Waals surface area contributed by atoms with Gasteiger partial charge in [0, 0.05) is 24.5 Å². The molecular weight excluding hydrogens is 400 g/mol. The van der Waals surface area contributed by atoms with E-state index in [0.717, 1.165) is 18.8 Å². The Morgan fingerprint density at radius 2 is 1.45 bits per heavy atom. The van der Waals surface area contributed by atoms with Crippen molar-refractivity contribution in [3.05, 3.63) is 53.6 Å². The second-order valence-electron chi connectivity index (χ2n) is 7.16. The van der Waals surface area contributed by atoms with Crippen molar-refractivity contribution in [2.75, 3.05) is 44.1 Å². The fraction of sp³-hybridized carbons (Fsp3) is 0.348. The van der Waals surface area contributed by atoms with Crippen molar-refractivity contribution in [1.82, 2.24) is 0 Å². The Labute approximate surface area is 181 Å². The number of anilines is 2. The summed E-state index contributed by atoms with van der Waals surface area (Å²) in [6.07, 6.45) is 3.67. The SMILES string of the molecule is COC(=O)c1cc(OCC(=O)Nc2ccc(N3CCCCC3)cc2)cc(C(=O)OC)c1. The molecule has 0 atom stereocenters. The molecular formula is C23H26N2O6. The molecule has 164 valence electrons. The van der Waals surface area contributed by atoms with E-state index in [1.54, 1.807) is 0 Å². The largest absolute Gasteiger partial charge is 0.484 e. The molecule has 2 aromatic carbocycles. The van der Waals surface area contributed by atoms with Gasteiger partial charge in [-0.15, -0.1) is 0 Å². The molecule has 1 aliphatic heterocycles. The second-order valence-corrected chi connectivity index (χ2v) is 7.16. The summed E-state index contributed by atoms with van der Waals surface area (Å²) < 4.78 is 14.9. The van der Waals surface area contributed by atoms with Gasteiger partial charge < -0.3 is 24.4 Å². The zero-order valence-electron chi connectivity index (χ0n) is 17.7. The van der Waals surface area contributed by atoms with E-state index < -0.39 is 11.9 Å². The lowest BCUT2D eigenvalue weighted by Gasteiger charge is -2.28. The molecule has 0 spiro atoms. The summed E-state index contributed by atoms with van der Waals surface area (Å²) in [7, 11) is 2.47. The fourth-order valence-corrected chi connectivity index (χ4v) is 3.41. The van der Waals surface area contributed by atoms with Gasteiger partial charge in [-0.2, -0.15) is 0 Å². The summed E-state index contributed by atoms with van der Waals surface area (Å²) in [4.78, 5) is 38.3. The first kappa shape index (κ1) is 22.1. The molecule has 1 amide bonds. The molecule has 0 bridgehead atoms. The third-order valence-corrected chi connectivity index (χ3v) is 4.99. The smallest absolute Gasteiger partial charge is 0.338 e. The molecule has 1 saturated heterocycles. The summed E-state index contributed by atoms with van der Waals surface area (Å²) in [5, 5.41) is 2.77. The normalized spacial score (nSPS) is 13.3. The third kappa shape index (κ3) is 5.97. The van der Waals surface area contributed by atoms with Gasteiger partial charge in [0.15, 0.2) is 6.61 Å². The Hall–Kier alpha value is -3.55. The standard InChI is InChI=1S/C23H26N2O6/c1-29-22(27)16-12-17(23(28)30-2)14-20(13-16)31-15-21(26)24-18-6-8-19(9-7-18)25-10-4-3-5-11-25/h6-9,12-14H,3-5,10-11,15H2,1-2H3,(H,24,26). The Balaban J connectivity index is 1.61. The van der Waals surface area contributed by atoms with Crippen LogP contribution in [0.3, 0.4) is 0 Å². The first-order valence-electron chi connectivity index (χ1n) is 10.1. The van der Waals surface area contributed by atoms with Gasteiger partial charge >= 0.3 is 11.9 Å². The number of nitrogens with one attached hydrogen (secondary N) is 1. The summed E-state index contributed by atoms with van der Waals surface area (Å²) in [5.41, 5.74) is 2.04. The molecule has 1 N–H and O–H groups in total. The number of ether oxygens (including phenoxy) is 3. The number of carbonyl (C=O) groups is 3. The van der Waals surface area contributed by atoms with E-state index in [1.807, 2.05) is 24.3 Å². The van der Waals surface area contributed by atoms with Gasteiger partial charge in [-0.25, -0.2) is 9.59 Å². The Bertz CT molecular complexity index is 901. The number of carbonyl (C=O) groups excluding carboxylic acids is 3. The van der Waals surface area contributed by atoms with E-state index in [2.05, 4.69) is 19.7 Å². The van der Waals surface area contributed by atoms with Crippen LogP contribution in [0.25, 0.3) is 0 Å². The van der Waals surface area contributed by atoms with Crippen molar-refractivity contribution in [2.24, 2.45) is 0 Å². The summed E-state index contributed by atoms with van der Waals surface area (Å²) in [5.74, 6) is -1.45. The highest BCUT2D eigenvalue weighted by Crippen LogP contribution is 2.22. The van der Waals surface area contributed by atoms with Crippen molar-refractivity contribution in [2.45, 2.75) is 19.3 Å². The van der Waals surface area contributed by atoms with Crippen molar-refractivity contribution in [3.8, 4) is 5.75 Å². The molecule has 3 rings (SSSR count). The molecule has 31 heavy (non-hydrogen) atoms. The maximum Gasteiger partial charge on any atom is 0.338 e. The minimum Gasteiger partial charge on any atom is -0.484 e. The highest BCUT2D eigenvalue weighted by atomic mass is 16.5. The average molecular weight is 426 g/mol. The minimum atomic E-state index is -0.631. The molecule has 1 aliphatic rings. The van der Waals surface area contributed by atoms with Crippen LogP contribution in [0.2, 0.25) is 0 Å². The van der Waals surface area contributed by atoms with Crippen LogP contribution in [0.15, 0.2) is 42.5 Å². The molecule has 0 radical (unpaired) electrons. The lowest BCUT2D eigenvalue weighted by molar-refractivity contribution is -0.118. The van der Waals surface area contributed by atoms with Gasteiger partial charge in [-0.1, -0.05) is 0 Å². The van der Waals surface area contributed by atoms with E-state index >= 15 is 0 Å². The van der Waals surface area contributed by atoms with Crippen LogP contribution < -0.4 is 15.0 Å². The van der Waals surface area contributed by atoms with Gasteiger partial charge in [-0.05, 0) is 61.7 Å². The molecule has 0 unspecified atom stereocenters. The van der Waals surface area contributed by atoms with Crippen LogP contribution >= 0.6 is 0 Å². The number of esters is 2. The van der Waals surface area contributed by atoms with Crippen molar-refractivity contribution < 1.29 is 28.6 Å². The molecule has 1 heterocycles. The number of amides is 1. The number of hydrogen-bond donors (Lipinski definition) is 1. The quantitative estimate of drug-likeness (QED) is 0.679. The summed E-state index contributed by atoms with van der Waals surface area (Å²) >= 11 is 0. The maximum absolute atomic E-state index is 12.3. The number of benzene rings is 2. The highest BCUT2D eigenvalue weighted by Gasteiger charge is 2.15. The first-order valence-corrected chi connectivity index (χ1v) is 10.1. The predicted molar refractivity (Wildman–Crippen MR) is 116 cm³/mol. The van der Waals surface area contributed by atoms with Gasteiger partial charge in [0.25, 0.3) is 5.91 Å². The third-order valence-electron chi connectivity index (χ3n) is 4.99. The first-order chi connectivity index (χ1) is 15.0. The Kier molecular flexibility index (Phi) is 7.48. The zero-order valence-corrected chi connectivity index (χ0v) is 17.7. The van der Waals surface area contributed by atoms with Gasteiger partial charge in [0.1, 0.15) is 5.75 Å². The van der Waals surface area contributed by atoms with Crippen molar-refractivity contribution in [1.29, 1.82) is 0 Å². The molecule has 8 heteroatoms. The number of piperidine rings is 1. The number of hydrogen-bond acceptors (Lipinski definition) is 7. The summed E-state index contributed by atoms with van der Waals surface area (Å²) in [6.45, 7) is 1.81. The van der Waals surface area contributed by atoms with E-state index in [9.17, 15) is 14.4 Å². The molecule has 0 saturated carbocycles. The van der Waals surface area contributed by atoms with Crippen LogP contribution in [0.5, 0.6) is 5.75 Å². The minimum absolute atomic E-state index is 0.120. The zero-order chi connectivity index (χ0) is 22.2.